The summed E-state index contributed by atoms with van der Waals surface area (Å²) >= 11 is 0. The van der Waals surface area contributed by atoms with Crippen molar-refractivity contribution < 1.29 is 19.1 Å². The minimum Gasteiger partial charge on any atom is -0.497 e. The van der Waals surface area contributed by atoms with Gasteiger partial charge in [-0.25, -0.2) is 4.79 Å². The Hall–Kier alpha value is -4.58. The molecule has 0 heterocycles. The van der Waals surface area contributed by atoms with Crippen LogP contribution in [0.3, 0.4) is 0 Å². The molecule has 6 nitrogen and oxygen atoms in total. The van der Waals surface area contributed by atoms with Crippen molar-refractivity contribution >= 4 is 23.2 Å². The third kappa shape index (κ3) is 6.30. The van der Waals surface area contributed by atoms with Crippen LogP contribution in [0.5, 0.6) is 17.2 Å². The van der Waals surface area contributed by atoms with Crippen LogP contribution >= 0.6 is 0 Å². The van der Waals surface area contributed by atoms with Crippen LogP contribution in [0.4, 0.5) is 16.2 Å². The van der Waals surface area contributed by atoms with E-state index < -0.39 is 6.03 Å². The lowest BCUT2D eigenvalue weighted by atomic mass is 10.0. The lowest BCUT2D eigenvalue weighted by Crippen LogP contribution is -2.20. The summed E-state index contributed by atoms with van der Waals surface area (Å²) in [4.78, 5) is 25.4. The molecule has 36 heavy (non-hydrogen) atoms. The molecule has 4 aromatic rings. The highest BCUT2D eigenvalue weighted by Crippen LogP contribution is 2.34. The predicted octanol–water partition coefficient (Wildman–Crippen LogP) is 7.32. The molecule has 2 N–H and O–H groups in total. The number of anilines is 2. The summed E-state index contributed by atoms with van der Waals surface area (Å²) in [7, 11) is 1.58. The van der Waals surface area contributed by atoms with Gasteiger partial charge in [-0.1, -0.05) is 55.5 Å². The van der Waals surface area contributed by atoms with Crippen molar-refractivity contribution in [1.82, 2.24) is 0 Å². The summed E-state index contributed by atoms with van der Waals surface area (Å²) in [6.07, 6.45) is 1.12. The van der Waals surface area contributed by atoms with Gasteiger partial charge in [0.2, 0.25) is 0 Å². The molecule has 0 aliphatic rings. The molecule has 0 radical (unpaired) electrons. The molecule has 0 unspecified atom stereocenters. The number of benzene rings is 4. The van der Waals surface area contributed by atoms with Crippen molar-refractivity contribution in [1.29, 1.82) is 0 Å². The number of rotatable bonds is 9. The topological polar surface area (TPSA) is 76.7 Å². The van der Waals surface area contributed by atoms with Gasteiger partial charge in [0.15, 0.2) is 11.5 Å². The van der Waals surface area contributed by atoms with Crippen molar-refractivity contribution in [2.75, 3.05) is 17.7 Å². The molecule has 0 saturated carbocycles. The standard InChI is InChI=1S/C30H28N2O4/c1-3-28(33)26-10-7-11-27(32-30(34)31-23-14-18-24(35-2)19-15-23)29(26)36-25-16-12-22(13-17-25)20-21-8-5-4-6-9-21/h4-19H,3,20H2,1-2H3,(H2,31,32,34). The van der Waals surface area contributed by atoms with Gasteiger partial charge in [-0.15, -0.1) is 0 Å². The Balaban J connectivity index is 1.53. The first-order chi connectivity index (χ1) is 17.6. The summed E-state index contributed by atoms with van der Waals surface area (Å²) < 4.78 is 11.3. The number of methoxy groups -OCH3 is 1. The quantitative estimate of drug-likeness (QED) is 0.246. The number of carbonyl (C=O) groups is 2. The monoisotopic (exact) mass is 480 g/mol. The fraction of sp³-hybridized carbons (Fsp3) is 0.133. The summed E-state index contributed by atoms with van der Waals surface area (Å²) in [5.74, 6) is 1.49. The minimum absolute atomic E-state index is 0.0788. The van der Waals surface area contributed by atoms with Gasteiger partial charge in [-0.2, -0.15) is 0 Å². The molecule has 4 aromatic carbocycles. The number of hydrogen-bond acceptors (Lipinski definition) is 4. The second kappa shape index (κ2) is 11.7. The van der Waals surface area contributed by atoms with Gasteiger partial charge in [0, 0.05) is 12.1 Å². The Bertz CT molecular complexity index is 1320. The number of carbonyl (C=O) groups excluding carboxylic acids is 2. The van der Waals surface area contributed by atoms with Crippen LogP contribution in [0, 0.1) is 0 Å². The molecule has 0 aliphatic carbocycles. The zero-order chi connectivity index (χ0) is 25.3. The van der Waals surface area contributed by atoms with E-state index in [4.69, 9.17) is 9.47 Å². The molecule has 0 aromatic heterocycles. The Morgan fingerprint density at radius 3 is 2.06 bits per heavy atom. The van der Waals surface area contributed by atoms with Gasteiger partial charge in [0.1, 0.15) is 11.5 Å². The molecular formula is C30H28N2O4. The van der Waals surface area contributed by atoms with E-state index in [0.29, 0.717) is 40.6 Å². The van der Waals surface area contributed by atoms with Crippen molar-refractivity contribution in [3.63, 3.8) is 0 Å². The average molecular weight is 481 g/mol. The first-order valence-corrected chi connectivity index (χ1v) is 11.7. The third-order valence-electron chi connectivity index (χ3n) is 5.63. The zero-order valence-corrected chi connectivity index (χ0v) is 20.3. The molecule has 0 aliphatic heterocycles. The summed E-state index contributed by atoms with van der Waals surface area (Å²) in [6, 6.07) is 29.6. The minimum atomic E-state index is -0.454. The molecule has 0 bridgehead atoms. The van der Waals surface area contributed by atoms with Crippen molar-refractivity contribution in [2.24, 2.45) is 0 Å². The smallest absolute Gasteiger partial charge is 0.323 e. The maximum Gasteiger partial charge on any atom is 0.323 e. The van der Waals surface area contributed by atoms with Gasteiger partial charge in [-0.3, -0.25) is 4.79 Å². The number of amides is 2. The average Bonchev–Trinajstić information content (AvgIpc) is 2.91. The van der Waals surface area contributed by atoms with Crippen LogP contribution < -0.4 is 20.1 Å². The lowest BCUT2D eigenvalue weighted by Gasteiger charge is -2.16. The molecular weight excluding hydrogens is 452 g/mol. The second-order valence-corrected chi connectivity index (χ2v) is 8.18. The van der Waals surface area contributed by atoms with E-state index in [-0.39, 0.29) is 5.78 Å². The number of ether oxygens (including phenoxy) is 2. The summed E-state index contributed by atoms with van der Waals surface area (Å²) in [5.41, 5.74) is 3.77. The molecule has 0 saturated heterocycles. The largest absolute Gasteiger partial charge is 0.497 e. The Morgan fingerprint density at radius 2 is 1.39 bits per heavy atom. The number of para-hydroxylation sites is 1. The third-order valence-corrected chi connectivity index (χ3v) is 5.63. The fourth-order valence-electron chi connectivity index (χ4n) is 3.74. The molecule has 0 fully saturated rings. The first kappa shape index (κ1) is 24.5. The normalized spacial score (nSPS) is 10.4. The Labute approximate surface area is 210 Å². The summed E-state index contributed by atoms with van der Waals surface area (Å²) in [5, 5.41) is 5.59. The van der Waals surface area contributed by atoms with Crippen molar-refractivity contribution in [3.05, 3.63) is 114 Å². The van der Waals surface area contributed by atoms with Crippen LogP contribution in [-0.2, 0) is 6.42 Å². The number of nitrogens with one attached hydrogen (secondary N) is 2. The van der Waals surface area contributed by atoms with Crippen LogP contribution in [0.15, 0.2) is 97.1 Å². The van der Waals surface area contributed by atoms with Crippen molar-refractivity contribution in [2.45, 2.75) is 19.8 Å². The molecule has 4 rings (SSSR count). The van der Waals surface area contributed by atoms with E-state index >= 15 is 0 Å². The number of Topliss-reactive ketones (excluding diaryl/α,β-unsaturated/α-hetero) is 1. The van der Waals surface area contributed by atoms with Gasteiger partial charge in [0.25, 0.3) is 0 Å². The van der Waals surface area contributed by atoms with Crippen molar-refractivity contribution in [3.8, 4) is 17.2 Å². The van der Waals surface area contributed by atoms with Crippen LogP contribution in [0.2, 0.25) is 0 Å². The van der Waals surface area contributed by atoms with E-state index in [1.165, 1.54) is 5.56 Å². The molecule has 6 heteroatoms. The molecule has 2 amide bonds. The highest BCUT2D eigenvalue weighted by atomic mass is 16.5. The Morgan fingerprint density at radius 1 is 0.722 bits per heavy atom. The van der Waals surface area contributed by atoms with Gasteiger partial charge in [-0.05, 0) is 66.1 Å². The zero-order valence-electron chi connectivity index (χ0n) is 20.3. The SMILES string of the molecule is CCC(=O)c1cccc(NC(=O)Nc2ccc(OC)cc2)c1Oc1ccc(Cc2ccccc2)cc1. The maximum absolute atomic E-state index is 12.7. The highest BCUT2D eigenvalue weighted by Gasteiger charge is 2.18. The second-order valence-electron chi connectivity index (χ2n) is 8.18. The van der Waals surface area contributed by atoms with Gasteiger partial charge >= 0.3 is 6.03 Å². The van der Waals surface area contributed by atoms with E-state index in [1.807, 2.05) is 42.5 Å². The molecule has 182 valence electrons. The van der Waals surface area contributed by atoms with E-state index in [1.54, 1.807) is 56.5 Å². The summed E-state index contributed by atoms with van der Waals surface area (Å²) in [6.45, 7) is 1.79. The molecule has 0 spiro atoms. The first-order valence-electron chi connectivity index (χ1n) is 11.7. The number of urea groups is 1. The van der Waals surface area contributed by atoms with E-state index in [0.717, 1.165) is 12.0 Å². The van der Waals surface area contributed by atoms with Crippen LogP contribution in [0.25, 0.3) is 0 Å². The number of hydrogen-bond donors (Lipinski definition) is 2. The van der Waals surface area contributed by atoms with Gasteiger partial charge < -0.3 is 20.1 Å². The number of ketones is 1. The van der Waals surface area contributed by atoms with Crippen LogP contribution in [0.1, 0.15) is 34.8 Å². The Kier molecular flexibility index (Phi) is 7.98. The lowest BCUT2D eigenvalue weighted by molar-refractivity contribution is 0.0986. The fourth-order valence-corrected chi connectivity index (χ4v) is 3.74. The van der Waals surface area contributed by atoms with Gasteiger partial charge in [0.05, 0.1) is 18.4 Å². The molecule has 0 atom stereocenters. The maximum atomic E-state index is 12.7. The highest BCUT2D eigenvalue weighted by molar-refractivity contribution is 6.04. The van der Waals surface area contributed by atoms with E-state index in [9.17, 15) is 9.59 Å². The van der Waals surface area contributed by atoms with E-state index in [2.05, 4.69) is 22.8 Å². The van der Waals surface area contributed by atoms with Crippen LogP contribution in [-0.4, -0.2) is 18.9 Å². The predicted molar refractivity (Wildman–Crippen MR) is 142 cm³/mol.